The number of hydrogen-bond donors (Lipinski definition) is 1. The fraction of sp³-hybridized carbons (Fsp3) is 0.500. The molecule has 2 aliphatic heterocycles. The van der Waals surface area contributed by atoms with Crippen LogP contribution >= 0.6 is 11.3 Å². The minimum absolute atomic E-state index is 0.0872. The van der Waals surface area contributed by atoms with E-state index < -0.39 is 0 Å². The Morgan fingerprint density at radius 1 is 1.28 bits per heavy atom. The van der Waals surface area contributed by atoms with Gasteiger partial charge in [0.1, 0.15) is 15.3 Å². The van der Waals surface area contributed by atoms with E-state index in [0.717, 1.165) is 41.1 Å². The second-order valence-electron chi connectivity index (χ2n) is 7.50. The smallest absolute Gasteiger partial charge is 0.268 e. The number of fused-ring (bicyclic) bond motifs is 5. The van der Waals surface area contributed by atoms with Crippen molar-refractivity contribution in [3.8, 4) is 0 Å². The lowest BCUT2D eigenvalue weighted by atomic mass is 9.90. The predicted octanol–water partition coefficient (Wildman–Crippen LogP) is 2.98. The summed E-state index contributed by atoms with van der Waals surface area (Å²) in [5.74, 6) is 1.04. The normalized spacial score (nSPS) is 19.7. The highest BCUT2D eigenvalue weighted by atomic mass is 32.1. The number of ether oxygens (including phenoxy) is 1. The summed E-state index contributed by atoms with van der Waals surface area (Å²) >= 11 is 1.45. The van der Waals surface area contributed by atoms with Gasteiger partial charge in [0.2, 0.25) is 0 Å². The van der Waals surface area contributed by atoms with Crippen molar-refractivity contribution >= 4 is 37.6 Å². The Morgan fingerprint density at radius 2 is 2.08 bits per heavy atom. The van der Waals surface area contributed by atoms with Crippen LogP contribution in [0.15, 0.2) is 11.1 Å². The molecule has 3 aromatic rings. The first-order chi connectivity index (χ1) is 12.0. The van der Waals surface area contributed by atoms with E-state index in [2.05, 4.69) is 28.7 Å². The average molecular weight is 356 g/mol. The van der Waals surface area contributed by atoms with Gasteiger partial charge in [0.25, 0.3) is 5.56 Å². The van der Waals surface area contributed by atoms with Crippen LogP contribution in [-0.4, -0.2) is 33.6 Å². The molecule has 1 saturated heterocycles. The Bertz CT molecular complexity index is 1050. The molecule has 130 valence electrons. The number of nitrogens with one attached hydrogen (secondary N) is 1. The van der Waals surface area contributed by atoms with E-state index in [1.165, 1.54) is 41.6 Å². The zero-order chi connectivity index (χ0) is 17.2. The Hall–Kier alpha value is -1.99. The topological polar surface area (TPSA) is 71.1 Å². The van der Waals surface area contributed by atoms with Crippen LogP contribution < -0.4 is 10.5 Å². The summed E-state index contributed by atoms with van der Waals surface area (Å²) in [4.78, 5) is 27.6. The Kier molecular flexibility index (Phi) is 3.21. The highest BCUT2D eigenvalue weighted by Crippen LogP contribution is 2.42. The molecule has 0 radical (unpaired) electrons. The SMILES string of the molecule is CC1(C)Cc2c(c(N3CCCC3)nc3sc4c(=O)[nH]cnc4c23)CO1. The lowest BCUT2D eigenvalue weighted by Crippen LogP contribution is -2.33. The molecule has 0 atom stereocenters. The van der Waals surface area contributed by atoms with Crippen molar-refractivity contribution in [3.05, 3.63) is 27.8 Å². The van der Waals surface area contributed by atoms with Gasteiger partial charge in [0.15, 0.2) is 0 Å². The zero-order valence-corrected chi connectivity index (χ0v) is 15.2. The molecule has 2 aliphatic rings. The van der Waals surface area contributed by atoms with Crippen LogP contribution in [0.3, 0.4) is 0 Å². The maximum atomic E-state index is 12.2. The van der Waals surface area contributed by atoms with Crippen LogP contribution in [0.1, 0.15) is 37.8 Å². The fourth-order valence-corrected chi connectivity index (χ4v) is 5.04. The molecule has 3 aromatic heterocycles. The maximum absolute atomic E-state index is 12.2. The number of aromatic amines is 1. The molecule has 25 heavy (non-hydrogen) atoms. The molecule has 0 saturated carbocycles. The number of H-pyrrole nitrogens is 1. The molecular weight excluding hydrogens is 336 g/mol. The first kappa shape index (κ1) is 15.3. The number of anilines is 1. The van der Waals surface area contributed by atoms with Crippen LogP contribution in [0.5, 0.6) is 0 Å². The Balaban J connectivity index is 1.87. The molecule has 1 N–H and O–H groups in total. The molecule has 0 amide bonds. The summed E-state index contributed by atoms with van der Waals surface area (Å²) in [6, 6.07) is 0. The highest BCUT2D eigenvalue weighted by molar-refractivity contribution is 7.25. The minimum atomic E-state index is -0.223. The molecule has 0 aromatic carbocycles. The Labute approximate surface area is 148 Å². The number of hydrogen-bond acceptors (Lipinski definition) is 6. The summed E-state index contributed by atoms with van der Waals surface area (Å²) in [5.41, 5.74) is 2.90. The molecule has 6 nitrogen and oxygen atoms in total. The highest BCUT2D eigenvalue weighted by Gasteiger charge is 2.33. The van der Waals surface area contributed by atoms with Crippen LogP contribution in [0.2, 0.25) is 0 Å². The van der Waals surface area contributed by atoms with Gasteiger partial charge in [0.05, 0.1) is 24.1 Å². The van der Waals surface area contributed by atoms with Crippen molar-refractivity contribution in [2.45, 2.75) is 45.3 Å². The molecule has 7 heteroatoms. The molecule has 5 heterocycles. The molecule has 5 rings (SSSR count). The van der Waals surface area contributed by atoms with E-state index in [1.807, 2.05) is 0 Å². The van der Waals surface area contributed by atoms with Gasteiger partial charge in [-0.2, -0.15) is 0 Å². The fourth-order valence-electron chi connectivity index (χ4n) is 3.99. The van der Waals surface area contributed by atoms with Gasteiger partial charge in [-0.15, -0.1) is 11.3 Å². The van der Waals surface area contributed by atoms with Gasteiger partial charge < -0.3 is 14.6 Å². The van der Waals surface area contributed by atoms with Crippen LogP contribution in [0, 0.1) is 0 Å². The summed E-state index contributed by atoms with van der Waals surface area (Å²) in [7, 11) is 0. The average Bonchev–Trinajstić information content (AvgIpc) is 3.21. The van der Waals surface area contributed by atoms with Crippen LogP contribution in [0.25, 0.3) is 20.4 Å². The summed E-state index contributed by atoms with van der Waals surface area (Å²) in [6.45, 7) is 6.88. The molecule has 0 bridgehead atoms. The quantitative estimate of drug-likeness (QED) is 0.726. The standard InChI is InChI=1S/C18H20N4O2S/c1-18(2)7-10-11(8-24-18)15(22-5-3-4-6-22)21-17-12(10)13-14(25-17)16(23)20-9-19-13/h9H,3-8H2,1-2H3,(H,19,20,23). The predicted molar refractivity (Wildman–Crippen MR) is 99.6 cm³/mol. The molecular formula is C18H20N4O2S. The third-order valence-electron chi connectivity index (χ3n) is 5.22. The van der Waals surface area contributed by atoms with E-state index in [4.69, 9.17) is 9.72 Å². The third kappa shape index (κ3) is 2.29. The van der Waals surface area contributed by atoms with Gasteiger partial charge in [0, 0.05) is 30.5 Å². The van der Waals surface area contributed by atoms with Gasteiger partial charge >= 0.3 is 0 Å². The van der Waals surface area contributed by atoms with E-state index >= 15 is 0 Å². The largest absolute Gasteiger partial charge is 0.370 e. The van der Waals surface area contributed by atoms with E-state index in [1.54, 1.807) is 0 Å². The van der Waals surface area contributed by atoms with Crippen molar-refractivity contribution in [1.29, 1.82) is 0 Å². The van der Waals surface area contributed by atoms with Crippen LogP contribution in [0.4, 0.5) is 5.82 Å². The second-order valence-corrected chi connectivity index (χ2v) is 8.50. The molecule has 0 aliphatic carbocycles. The number of aromatic nitrogens is 3. The van der Waals surface area contributed by atoms with E-state index in [-0.39, 0.29) is 11.2 Å². The summed E-state index contributed by atoms with van der Waals surface area (Å²) in [5, 5.41) is 1.04. The number of nitrogens with zero attached hydrogens (tertiary/aromatic N) is 3. The maximum Gasteiger partial charge on any atom is 0.268 e. The molecule has 0 unspecified atom stereocenters. The molecule has 0 spiro atoms. The lowest BCUT2D eigenvalue weighted by Gasteiger charge is -2.34. The van der Waals surface area contributed by atoms with E-state index in [0.29, 0.717) is 11.3 Å². The lowest BCUT2D eigenvalue weighted by molar-refractivity contribution is -0.0395. The van der Waals surface area contributed by atoms with Gasteiger partial charge in [-0.05, 0) is 32.3 Å². The summed E-state index contributed by atoms with van der Waals surface area (Å²) in [6.07, 6.45) is 4.70. The van der Waals surface area contributed by atoms with Crippen molar-refractivity contribution in [3.63, 3.8) is 0 Å². The number of pyridine rings is 1. The van der Waals surface area contributed by atoms with Gasteiger partial charge in [-0.25, -0.2) is 9.97 Å². The Morgan fingerprint density at radius 3 is 2.88 bits per heavy atom. The van der Waals surface area contributed by atoms with Gasteiger partial charge in [-0.1, -0.05) is 0 Å². The third-order valence-corrected chi connectivity index (χ3v) is 6.29. The van der Waals surface area contributed by atoms with Crippen molar-refractivity contribution in [2.24, 2.45) is 0 Å². The summed E-state index contributed by atoms with van der Waals surface area (Å²) < 4.78 is 6.76. The second kappa shape index (κ2) is 5.25. The zero-order valence-electron chi connectivity index (χ0n) is 14.4. The van der Waals surface area contributed by atoms with Gasteiger partial charge in [-0.3, -0.25) is 4.79 Å². The van der Waals surface area contributed by atoms with Crippen molar-refractivity contribution < 1.29 is 4.74 Å². The first-order valence-corrected chi connectivity index (χ1v) is 9.56. The van der Waals surface area contributed by atoms with Crippen molar-refractivity contribution in [2.75, 3.05) is 18.0 Å². The van der Waals surface area contributed by atoms with Crippen molar-refractivity contribution in [1.82, 2.24) is 15.0 Å². The van der Waals surface area contributed by atoms with Crippen LogP contribution in [-0.2, 0) is 17.8 Å². The number of thiophene rings is 1. The monoisotopic (exact) mass is 356 g/mol. The first-order valence-electron chi connectivity index (χ1n) is 8.74. The minimum Gasteiger partial charge on any atom is -0.370 e. The number of rotatable bonds is 1. The molecule has 1 fully saturated rings. The van der Waals surface area contributed by atoms with E-state index in [9.17, 15) is 4.79 Å².